The highest BCUT2D eigenvalue weighted by Gasteiger charge is 2.34. The van der Waals surface area contributed by atoms with Gasteiger partial charge < -0.3 is 15.0 Å². The molecule has 2 aromatic rings. The number of amides is 2. The Morgan fingerprint density at radius 3 is 2.24 bits per heavy atom. The lowest BCUT2D eigenvalue weighted by atomic mass is 10.1. The highest BCUT2D eigenvalue weighted by Crippen LogP contribution is 2.22. The van der Waals surface area contributed by atoms with E-state index in [1.165, 1.54) is 38.2 Å². The Kier molecular flexibility index (Phi) is 10.9. The van der Waals surface area contributed by atoms with Crippen LogP contribution in [-0.4, -0.2) is 69.3 Å². The van der Waals surface area contributed by atoms with Crippen molar-refractivity contribution in [2.75, 3.05) is 32.1 Å². The van der Waals surface area contributed by atoms with E-state index in [2.05, 4.69) is 5.32 Å². The molecule has 0 aromatic heterocycles. The van der Waals surface area contributed by atoms with Gasteiger partial charge in [-0.15, -0.1) is 0 Å². The summed E-state index contributed by atoms with van der Waals surface area (Å²) >= 11 is 0. The molecule has 11 heteroatoms. The van der Waals surface area contributed by atoms with E-state index in [9.17, 15) is 22.4 Å². The van der Waals surface area contributed by atoms with Gasteiger partial charge in [0.15, 0.2) is 0 Å². The van der Waals surface area contributed by atoms with Gasteiger partial charge >= 0.3 is 10.2 Å². The largest absolute Gasteiger partial charge is 0.497 e. The number of methoxy groups -OCH3 is 1. The molecule has 0 bridgehead atoms. The molecular formula is C26H37FN4O5S. The summed E-state index contributed by atoms with van der Waals surface area (Å²) < 4.78 is 47.1. The van der Waals surface area contributed by atoms with Crippen LogP contribution >= 0.6 is 0 Å². The molecule has 2 atom stereocenters. The standard InChI is InChI=1S/C26H37FN4O5S/c1-7-19(3)28-26(33)24(8-2)30(17-20-10-9-11-23(16-20)36-6)25(32)18-31(37(34,35)29(4)5)22-14-12-21(27)13-15-22/h9-16,19,24H,7-8,17-18H2,1-6H3,(H,28,33)/t19-,24+/m0/s1. The second-order valence-corrected chi connectivity index (χ2v) is 11.0. The Hall–Kier alpha value is -3.18. The van der Waals surface area contributed by atoms with E-state index in [0.717, 1.165) is 20.7 Å². The molecule has 1 N–H and O–H groups in total. The number of halogens is 1. The first-order chi connectivity index (χ1) is 17.4. The van der Waals surface area contributed by atoms with Crippen LogP contribution in [0.5, 0.6) is 5.75 Å². The molecule has 0 saturated heterocycles. The van der Waals surface area contributed by atoms with Crippen LogP contribution in [0.15, 0.2) is 48.5 Å². The topological polar surface area (TPSA) is 99.3 Å². The number of rotatable bonds is 13. The van der Waals surface area contributed by atoms with Crippen molar-refractivity contribution in [3.8, 4) is 5.75 Å². The van der Waals surface area contributed by atoms with E-state index in [4.69, 9.17) is 4.74 Å². The average molecular weight is 537 g/mol. The van der Waals surface area contributed by atoms with Gasteiger partial charge in [-0.2, -0.15) is 12.7 Å². The number of carbonyl (C=O) groups is 2. The summed E-state index contributed by atoms with van der Waals surface area (Å²) in [5, 5.41) is 2.92. The van der Waals surface area contributed by atoms with Gasteiger partial charge in [-0.1, -0.05) is 26.0 Å². The predicted molar refractivity (Wildman–Crippen MR) is 142 cm³/mol. The fraction of sp³-hybridized carbons (Fsp3) is 0.462. The number of anilines is 1. The Morgan fingerprint density at radius 2 is 1.70 bits per heavy atom. The molecule has 0 spiro atoms. The quantitative estimate of drug-likeness (QED) is 0.424. The molecule has 0 aliphatic heterocycles. The molecule has 37 heavy (non-hydrogen) atoms. The second kappa shape index (κ2) is 13.4. The number of ether oxygens (including phenoxy) is 1. The maximum atomic E-state index is 13.8. The molecule has 9 nitrogen and oxygen atoms in total. The van der Waals surface area contributed by atoms with Gasteiger partial charge in [0.05, 0.1) is 12.8 Å². The van der Waals surface area contributed by atoms with Crippen molar-refractivity contribution in [3.63, 3.8) is 0 Å². The van der Waals surface area contributed by atoms with Crippen molar-refractivity contribution < 1.29 is 27.1 Å². The Bertz CT molecular complexity index is 1160. The van der Waals surface area contributed by atoms with Crippen LogP contribution in [0.2, 0.25) is 0 Å². The fourth-order valence-corrected chi connectivity index (χ4v) is 4.71. The highest BCUT2D eigenvalue weighted by atomic mass is 32.2. The highest BCUT2D eigenvalue weighted by molar-refractivity contribution is 7.90. The molecule has 204 valence electrons. The van der Waals surface area contributed by atoms with E-state index in [1.54, 1.807) is 31.2 Å². The molecular weight excluding hydrogens is 499 g/mol. The summed E-state index contributed by atoms with van der Waals surface area (Å²) in [4.78, 5) is 28.4. The number of carbonyl (C=O) groups excluding carboxylic acids is 2. The Morgan fingerprint density at radius 1 is 1.05 bits per heavy atom. The van der Waals surface area contributed by atoms with Crippen LogP contribution in [0.25, 0.3) is 0 Å². The maximum Gasteiger partial charge on any atom is 0.304 e. The molecule has 0 fully saturated rings. The lowest BCUT2D eigenvalue weighted by Gasteiger charge is -2.34. The average Bonchev–Trinajstić information content (AvgIpc) is 2.87. The second-order valence-electron chi connectivity index (χ2n) is 8.89. The van der Waals surface area contributed by atoms with Gasteiger partial charge in [0.1, 0.15) is 24.2 Å². The van der Waals surface area contributed by atoms with Crippen molar-refractivity contribution in [2.24, 2.45) is 0 Å². The third kappa shape index (κ3) is 7.90. The van der Waals surface area contributed by atoms with Crippen molar-refractivity contribution in [2.45, 2.75) is 52.2 Å². The third-order valence-corrected chi connectivity index (χ3v) is 7.83. The zero-order valence-corrected chi connectivity index (χ0v) is 23.1. The summed E-state index contributed by atoms with van der Waals surface area (Å²) in [7, 11) is 0.106. The summed E-state index contributed by atoms with van der Waals surface area (Å²) in [6, 6.07) is 11.0. The van der Waals surface area contributed by atoms with E-state index in [0.29, 0.717) is 24.2 Å². The van der Waals surface area contributed by atoms with Crippen LogP contribution < -0.4 is 14.4 Å². The molecule has 2 amide bonds. The first-order valence-corrected chi connectivity index (χ1v) is 13.5. The molecule has 2 aromatic carbocycles. The lowest BCUT2D eigenvalue weighted by molar-refractivity contribution is -0.140. The van der Waals surface area contributed by atoms with Gasteiger partial charge in [0, 0.05) is 26.7 Å². The van der Waals surface area contributed by atoms with Crippen molar-refractivity contribution in [3.05, 3.63) is 59.9 Å². The maximum absolute atomic E-state index is 13.8. The fourth-order valence-electron chi connectivity index (χ4n) is 3.65. The molecule has 0 aliphatic rings. The zero-order valence-electron chi connectivity index (χ0n) is 22.3. The van der Waals surface area contributed by atoms with E-state index >= 15 is 0 Å². The van der Waals surface area contributed by atoms with Crippen LogP contribution in [0.4, 0.5) is 10.1 Å². The number of nitrogens with zero attached hydrogens (tertiary/aromatic N) is 3. The summed E-state index contributed by atoms with van der Waals surface area (Å²) in [5.41, 5.74) is 0.841. The molecule has 2 rings (SSSR count). The van der Waals surface area contributed by atoms with Crippen LogP contribution in [0.3, 0.4) is 0 Å². The Labute approximate surface area is 219 Å². The van der Waals surface area contributed by atoms with Crippen molar-refractivity contribution in [1.29, 1.82) is 0 Å². The molecule has 0 unspecified atom stereocenters. The van der Waals surface area contributed by atoms with Crippen molar-refractivity contribution in [1.82, 2.24) is 14.5 Å². The minimum absolute atomic E-state index is 0.0573. The number of nitrogens with one attached hydrogen (secondary N) is 1. The first kappa shape index (κ1) is 30.0. The zero-order chi connectivity index (χ0) is 27.8. The monoisotopic (exact) mass is 536 g/mol. The van der Waals surface area contributed by atoms with Crippen molar-refractivity contribution >= 4 is 27.7 Å². The van der Waals surface area contributed by atoms with Gasteiger partial charge in [0.25, 0.3) is 0 Å². The normalized spacial score (nSPS) is 13.1. The minimum Gasteiger partial charge on any atom is -0.497 e. The summed E-state index contributed by atoms with van der Waals surface area (Å²) in [6.45, 7) is 5.09. The molecule has 0 radical (unpaired) electrons. The number of hydrogen-bond donors (Lipinski definition) is 1. The van der Waals surface area contributed by atoms with Gasteiger partial charge in [-0.25, -0.2) is 8.70 Å². The van der Waals surface area contributed by atoms with Crippen LogP contribution in [-0.2, 0) is 26.3 Å². The first-order valence-electron chi connectivity index (χ1n) is 12.1. The summed E-state index contributed by atoms with van der Waals surface area (Å²) in [5.74, 6) is -0.851. The van der Waals surface area contributed by atoms with Crippen LogP contribution in [0, 0.1) is 5.82 Å². The lowest BCUT2D eigenvalue weighted by Crippen LogP contribution is -2.54. The predicted octanol–water partition coefficient (Wildman–Crippen LogP) is 3.17. The molecule has 0 heterocycles. The van der Waals surface area contributed by atoms with E-state index in [-0.39, 0.29) is 24.2 Å². The smallest absolute Gasteiger partial charge is 0.304 e. The van der Waals surface area contributed by atoms with E-state index < -0.39 is 34.5 Å². The molecule has 0 saturated carbocycles. The number of benzene rings is 2. The molecule has 0 aliphatic carbocycles. The van der Waals surface area contributed by atoms with E-state index in [1.807, 2.05) is 13.8 Å². The minimum atomic E-state index is -4.12. The SMILES string of the molecule is CC[C@H](C(=O)N[C@@H](C)CC)N(Cc1cccc(OC)c1)C(=O)CN(c1ccc(F)cc1)S(=O)(=O)N(C)C. The third-order valence-electron chi connectivity index (χ3n) is 6.01. The Balaban J connectivity index is 2.51. The van der Waals surface area contributed by atoms with Gasteiger partial charge in [-0.3, -0.25) is 9.59 Å². The summed E-state index contributed by atoms with van der Waals surface area (Å²) in [6.07, 6.45) is 1.03. The van der Waals surface area contributed by atoms with Gasteiger partial charge in [0.2, 0.25) is 11.8 Å². The number of hydrogen-bond acceptors (Lipinski definition) is 5. The van der Waals surface area contributed by atoms with Crippen LogP contribution in [0.1, 0.15) is 39.2 Å². The van der Waals surface area contributed by atoms with Gasteiger partial charge in [-0.05, 0) is 61.7 Å².